The summed E-state index contributed by atoms with van der Waals surface area (Å²) in [5.41, 5.74) is 0. The summed E-state index contributed by atoms with van der Waals surface area (Å²) in [5.74, 6) is 0. The third-order valence-electron chi connectivity index (χ3n) is 1.09. The molecule has 0 aliphatic heterocycles. The van der Waals surface area contributed by atoms with Crippen LogP contribution in [0.15, 0.2) is 0 Å². The Morgan fingerprint density at radius 2 is 2.38 bits per heavy atom. The van der Waals surface area contributed by atoms with E-state index in [4.69, 9.17) is 5.11 Å². The lowest BCUT2D eigenvalue weighted by molar-refractivity contribution is 0.163. The van der Waals surface area contributed by atoms with Gasteiger partial charge in [-0.25, -0.2) is 0 Å². The predicted molar refractivity (Wildman–Crippen MR) is 39.2 cm³/mol. The highest BCUT2D eigenvalue weighted by atomic mass is 32.1. The highest BCUT2D eigenvalue weighted by Gasteiger charge is 1.95. The summed E-state index contributed by atoms with van der Waals surface area (Å²) < 4.78 is 0. The first-order valence-corrected chi connectivity index (χ1v) is 3.40. The number of thiocarbonyl (C=S) groups is 1. The van der Waals surface area contributed by atoms with Gasteiger partial charge < -0.3 is 5.11 Å². The second kappa shape index (κ2) is 5.19. The molecule has 0 saturated carbocycles. The number of hydrogen-bond donors (Lipinski definition) is 1. The molecule has 0 spiro atoms. The second-order valence-electron chi connectivity index (χ2n) is 1.81. The monoisotopic (exact) mass is 132 g/mol. The maximum Gasteiger partial charge on any atom is 0.0540 e. The zero-order valence-corrected chi connectivity index (χ0v) is 5.95. The smallest absolute Gasteiger partial charge is 0.0540 e. The van der Waals surface area contributed by atoms with Crippen molar-refractivity contribution in [3.05, 3.63) is 0 Å². The van der Waals surface area contributed by atoms with Gasteiger partial charge in [-0.15, -0.1) is 0 Å². The van der Waals surface area contributed by atoms with Gasteiger partial charge in [-0.05, 0) is 24.6 Å². The van der Waals surface area contributed by atoms with Crippen LogP contribution in [-0.2, 0) is 0 Å². The predicted octanol–water partition coefficient (Wildman–Crippen LogP) is 1.54. The molecule has 0 radical (unpaired) electrons. The van der Waals surface area contributed by atoms with Gasteiger partial charge in [0.05, 0.1) is 6.10 Å². The van der Waals surface area contributed by atoms with Crippen LogP contribution in [-0.4, -0.2) is 16.6 Å². The molecular formula is C6H12OS. The Hall–Kier alpha value is 0.0500. The van der Waals surface area contributed by atoms with Crippen molar-refractivity contribution < 1.29 is 5.11 Å². The van der Waals surface area contributed by atoms with Gasteiger partial charge in [0.25, 0.3) is 0 Å². The molecule has 2 heteroatoms. The van der Waals surface area contributed by atoms with Crippen molar-refractivity contribution in [3.8, 4) is 0 Å². The minimum Gasteiger partial charge on any atom is -0.393 e. The van der Waals surface area contributed by atoms with Crippen molar-refractivity contribution in [1.82, 2.24) is 0 Å². The van der Waals surface area contributed by atoms with E-state index in [0.717, 1.165) is 19.3 Å². The molecule has 0 heterocycles. The molecule has 0 aliphatic carbocycles. The summed E-state index contributed by atoms with van der Waals surface area (Å²) in [7, 11) is 0. The van der Waals surface area contributed by atoms with Gasteiger partial charge in [0.1, 0.15) is 0 Å². The average molecular weight is 132 g/mol. The van der Waals surface area contributed by atoms with Crippen LogP contribution >= 0.6 is 12.2 Å². The number of aliphatic hydroxyl groups excluding tert-OH is 1. The topological polar surface area (TPSA) is 20.2 Å². The minimum absolute atomic E-state index is 0.144. The summed E-state index contributed by atoms with van der Waals surface area (Å²) in [5, 5.41) is 10.6. The minimum atomic E-state index is -0.144. The average Bonchev–Trinajstić information content (AvgIpc) is 1.83. The quantitative estimate of drug-likeness (QED) is 0.585. The molecule has 48 valence electrons. The summed E-state index contributed by atoms with van der Waals surface area (Å²) in [4.78, 5) is 0. The van der Waals surface area contributed by atoms with Gasteiger partial charge >= 0.3 is 0 Å². The van der Waals surface area contributed by atoms with Gasteiger partial charge in [-0.1, -0.05) is 19.1 Å². The van der Waals surface area contributed by atoms with Crippen molar-refractivity contribution in [2.24, 2.45) is 0 Å². The Balaban J connectivity index is 2.97. The van der Waals surface area contributed by atoms with Crippen LogP contribution in [0.3, 0.4) is 0 Å². The molecular weight excluding hydrogens is 120 g/mol. The third-order valence-corrected chi connectivity index (χ3v) is 1.32. The molecule has 0 saturated heterocycles. The van der Waals surface area contributed by atoms with E-state index in [2.05, 4.69) is 12.2 Å². The van der Waals surface area contributed by atoms with Crippen LogP contribution in [0, 0.1) is 0 Å². The Labute approximate surface area is 55.7 Å². The molecule has 1 N–H and O–H groups in total. The third kappa shape index (κ3) is 4.22. The molecule has 0 aromatic carbocycles. The maximum absolute atomic E-state index is 8.92. The molecule has 1 nitrogen and oxygen atoms in total. The van der Waals surface area contributed by atoms with Crippen molar-refractivity contribution >= 4 is 17.6 Å². The first-order valence-electron chi connectivity index (χ1n) is 2.93. The lowest BCUT2D eigenvalue weighted by atomic mass is 10.2. The standard InChI is InChI=1S/C6H12OS/c1-2-6(7)4-3-5-8/h5-7H,2-4H2,1H3. The van der Waals surface area contributed by atoms with Crippen LogP contribution in [0.5, 0.6) is 0 Å². The summed E-state index contributed by atoms with van der Waals surface area (Å²) >= 11 is 4.58. The molecule has 0 rings (SSSR count). The molecule has 1 atom stereocenters. The zero-order chi connectivity index (χ0) is 6.41. The number of aliphatic hydroxyl groups is 1. The maximum atomic E-state index is 8.92. The van der Waals surface area contributed by atoms with Crippen LogP contribution in [0.1, 0.15) is 26.2 Å². The Morgan fingerprint density at radius 3 is 2.75 bits per heavy atom. The van der Waals surface area contributed by atoms with E-state index in [0.29, 0.717) is 0 Å². The number of hydrogen-bond acceptors (Lipinski definition) is 2. The number of rotatable bonds is 4. The lowest BCUT2D eigenvalue weighted by Gasteiger charge is -2.02. The van der Waals surface area contributed by atoms with Crippen molar-refractivity contribution in [2.75, 3.05) is 0 Å². The molecule has 0 aromatic heterocycles. The highest BCUT2D eigenvalue weighted by molar-refractivity contribution is 7.78. The fourth-order valence-corrected chi connectivity index (χ4v) is 0.601. The Bertz CT molecular complexity index is 63.5. The Morgan fingerprint density at radius 1 is 1.75 bits per heavy atom. The molecule has 0 aliphatic rings. The van der Waals surface area contributed by atoms with E-state index < -0.39 is 0 Å². The molecule has 0 bridgehead atoms. The van der Waals surface area contributed by atoms with Crippen LogP contribution in [0.4, 0.5) is 0 Å². The second-order valence-corrected chi connectivity index (χ2v) is 2.14. The van der Waals surface area contributed by atoms with E-state index in [1.54, 1.807) is 5.37 Å². The first kappa shape index (κ1) is 8.05. The van der Waals surface area contributed by atoms with E-state index in [1.165, 1.54) is 0 Å². The lowest BCUT2D eigenvalue weighted by Crippen LogP contribution is -2.02. The van der Waals surface area contributed by atoms with Crippen LogP contribution < -0.4 is 0 Å². The van der Waals surface area contributed by atoms with Crippen molar-refractivity contribution in [3.63, 3.8) is 0 Å². The molecule has 0 aromatic rings. The highest BCUT2D eigenvalue weighted by Crippen LogP contribution is 1.97. The van der Waals surface area contributed by atoms with E-state index >= 15 is 0 Å². The van der Waals surface area contributed by atoms with E-state index in [1.807, 2.05) is 6.92 Å². The molecule has 0 fully saturated rings. The first-order chi connectivity index (χ1) is 3.81. The van der Waals surface area contributed by atoms with Crippen LogP contribution in [0.2, 0.25) is 0 Å². The van der Waals surface area contributed by atoms with E-state index in [-0.39, 0.29) is 6.10 Å². The van der Waals surface area contributed by atoms with Crippen molar-refractivity contribution in [1.29, 1.82) is 0 Å². The fourth-order valence-electron chi connectivity index (χ4n) is 0.465. The molecule has 0 amide bonds. The van der Waals surface area contributed by atoms with Crippen LogP contribution in [0.25, 0.3) is 0 Å². The zero-order valence-electron chi connectivity index (χ0n) is 5.13. The summed E-state index contributed by atoms with van der Waals surface area (Å²) in [6, 6.07) is 0. The van der Waals surface area contributed by atoms with Gasteiger partial charge in [-0.2, -0.15) is 0 Å². The van der Waals surface area contributed by atoms with Gasteiger partial charge in [0.2, 0.25) is 0 Å². The fraction of sp³-hybridized carbons (Fsp3) is 0.833. The summed E-state index contributed by atoms with van der Waals surface area (Å²) in [6.07, 6.45) is 2.36. The SMILES string of the molecule is CCC(O)CCC=S. The normalized spacial score (nSPS) is 13.2. The van der Waals surface area contributed by atoms with Crippen molar-refractivity contribution in [2.45, 2.75) is 32.3 Å². The largest absolute Gasteiger partial charge is 0.393 e. The Kier molecular flexibility index (Phi) is 5.22. The van der Waals surface area contributed by atoms with Gasteiger partial charge in [0, 0.05) is 0 Å². The van der Waals surface area contributed by atoms with Gasteiger partial charge in [-0.3, -0.25) is 0 Å². The van der Waals surface area contributed by atoms with E-state index in [9.17, 15) is 0 Å². The molecule has 1 unspecified atom stereocenters. The summed E-state index contributed by atoms with van der Waals surface area (Å²) in [6.45, 7) is 1.97. The van der Waals surface area contributed by atoms with Gasteiger partial charge in [0.15, 0.2) is 0 Å². The molecule has 8 heavy (non-hydrogen) atoms.